The van der Waals surface area contributed by atoms with E-state index in [2.05, 4.69) is 14.9 Å². The van der Waals surface area contributed by atoms with E-state index in [0.717, 1.165) is 12.8 Å². The second kappa shape index (κ2) is 3.86. The average Bonchev–Trinajstić information content (AvgIpc) is 2.10. The summed E-state index contributed by atoms with van der Waals surface area (Å²) in [7, 11) is 0. The quantitative estimate of drug-likeness (QED) is 0.586. The first-order valence-electron chi connectivity index (χ1n) is 4.19. The van der Waals surface area contributed by atoms with Crippen LogP contribution in [0, 0.1) is 5.92 Å². The Hall–Kier alpha value is -1.37. The molecule has 0 unspecified atom stereocenters. The zero-order valence-electron chi connectivity index (χ0n) is 7.37. The molecule has 0 atom stereocenters. The molecule has 0 spiro atoms. The highest BCUT2D eigenvalue weighted by Gasteiger charge is 2.37. The van der Waals surface area contributed by atoms with Crippen LogP contribution in [-0.4, -0.2) is 27.5 Å². The van der Waals surface area contributed by atoms with Crippen molar-refractivity contribution in [2.45, 2.75) is 26.7 Å². The van der Waals surface area contributed by atoms with Gasteiger partial charge >= 0.3 is 18.0 Å². The van der Waals surface area contributed by atoms with Gasteiger partial charge in [0.15, 0.2) is 4.79 Å². The number of carbonyl (C=O) groups is 1. The van der Waals surface area contributed by atoms with Crippen molar-refractivity contribution in [1.82, 2.24) is 5.32 Å². The molecule has 4 heteroatoms. The maximum Gasteiger partial charge on any atom is 0.472 e. The average molecular weight is 167 g/mol. The summed E-state index contributed by atoms with van der Waals surface area (Å²) in [4.78, 5) is 18.7. The van der Waals surface area contributed by atoms with Gasteiger partial charge in [-0.25, -0.2) is 4.79 Å². The molecule has 1 amide bonds. The van der Waals surface area contributed by atoms with Gasteiger partial charge in [0, 0.05) is 0 Å². The van der Waals surface area contributed by atoms with E-state index in [1.54, 1.807) is 0 Å². The molecule has 0 radical (unpaired) electrons. The van der Waals surface area contributed by atoms with E-state index < -0.39 is 0 Å². The molecule has 0 aromatic carbocycles. The molecule has 0 bridgehead atoms. The highest BCUT2D eigenvalue weighted by molar-refractivity contribution is 6.38. The largest absolute Gasteiger partial charge is 0.472 e. The van der Waals surface area contributed by atoms with E-state index in [-0.39, 0.29) is 11.8 Å². The molecular formula is C8H13N3O+2. The first-order chi connectivity index (χ1) is 5.79. The fourth-order valence-corrected chi connectivity index (χ4v) is 1.24. The molecular weight excluding hydrogens is 154 g/mol. The number of rotatable bonds is 3. The topological polar surface area (TPSA) is 57.3 Å². The van der Waals surface area contributed by atoms with Gasteiger partial charge in [-0.1, -0.05) is 13.8 Å². The van der Waals surface area contributed by atoms with Crippen molar-refractivity contribution in [3.8, 4) is 0 Å². The monoisotopic (exact) mass is 167 g/mol. The second-order valence-corrected chi connectivity index (χ2v) is 2.72. The molecule has 1 aliphatic rings. The third kappa shape index (κ3) is 1.62. The smallest absolute Gasteiger partial charge is 0.232 e. The summed E-state index contributed by atoms with van der Waals surface area (Å²) in [5.41, 5.74) is 0.558. The molecule has 1 N–H and O–H groups in total. The van der Waals surface area contributed by atoms with Crippen LogP contribution in [0.3, 0.4) is 0 Å². The minimum absolute atomic E-state index is 0.112. The Morgan fingerprint density at radius 2 is 2.17 bits per heavy atom. The predicted molar refractivity (Wildman–Crippen MR) is 43.8 cm³/mol. The van der Waals surface area contributed by atoms with Crippen LogP contribution in [0.15, 0.2) is 0 Å². The normalized spacial score (nSPS) is 14.9. The van der Waals surface area contributed by atoms with Crippen LogP contribution >= 0.6 is 0 Å². The second-order valence-electron chi connectivity index (χ2n) is 2.72. The van der Waals surface area contributed by atoms with Gasteiger partial charge in [-0.15, -0.1) is 0 Å². The molecule has 0 aliphatic carbocycles. The number of nitrogens with zero attached hydrogens (tertiary/aromatic N) is 2. The van der Waals surface area contributed by atoms with E-state index in [1.165, 1.54) is 6.34 Å². The predicted octanol–water partition coefficient (Wildman–Crippen LogP) is -0.110. The highest BCUT2D eigenvalue weighted by atomic mass is 16.2. The Morgan fingerprint density at radius 1 is 1.50 bits per heavy atom. The minimum atomic E-state index is -0.112. The summed E-state index contributed by atoms with van der Waals surface area (Å²) in [5, 5.41) is 2.52. The van der Waals surface area contributed by atoms with Crippen LogP contribution < -0.4 is 5.32 Å². The molecule has 0 aromatic rings. The number of hydrogen-bond donors (Lipinski definition) is 1. The van der Waals surface area contributed by atoms with Crippen molar-refractivity contribution in [3.05, 3.63) is 0 Å². The van der Waals surface area contributed by atoms with Gasteiger partial charge in [-0.3, -0.25) is 0 Å². The number of nitrogens with one attached hydrogen (secondary N) is 1. The lowest BCUT2D eigenvalue weighted by molar-refractivity contribution is -0.548. The van der Waals surface area contributed by atoms with Gasteiger partial charge in [0.1, 0.15) is 0 Å². The minimum Gasteiger partial charge on any atom is -0.232 e. The van der Waals surface area contributed by atoms with Crippen LogP contribution in [0.4, 0.5) is 0 Å². The lowest BCUT2D eigenvalue weighted by Gasteiger charge is -2.00. The summed E-state index contributed by atoms with van der Waals surface area (Å²) >= 11 is 0. The Labute approximate surface area is 71.1 Å². The van der Waals surface area contributed by atoms with Crippen molar-refractivity contribution in [1.29, 1.82) is 0 Å². The van der Waals surface area contributed by atoms with Crippen LogP contribution in [0.2, 0.25) is 0 Å². The maximum atomic E-state index is 11.2. The number of hydrogen-bond acceptors (Lipinski definition) is 1. The van der Waals surface area contributed by atoms with Crippen LogP contribution in [0.1, 0.15) is 26.7 Å². The van der Waals surface area contributed by atoms with Crippen LogP contribution in [0.5, 0.6) is 0 Å². The van der Waals surface area contributed by atoms with Gasteiger partial charge in [-0.2, -0.15) is 5.32 Å². The van der Waals surface area contributed by atoms with Gasteiger partial charge in [0.2, 0.25) is 4.79 Å². The van der Waals surface area contributed by atoms with Gasteiger partial charge < -0.3 is 0 Å². The van der Waals surface area contributed by atoms with Crippen molar-refractivity contribution in [3.63, 3.8) is 0 Å². The summed E-state index contributed by atoms with van der Waals surface area (Å²) in [6.07, 6.45) is 3.17. The lowest BCUT2D eigenvalue weighted by atomic mass is 9.97. The van der Waals surface area contributed by atoms with Gasteiger partial charge in [-0.05, 0) is 12.8 Å². The molecule has 0 saturated heterocycles. The Kier molecular flexibility index (Phi) is 2.81. The summed E-state index contributed by atoms with van der Waals surface area (Å²) in [6, 6.07) is 0. The summed E-state index contributed by atoms with van der Waals surface area (Å²) in [6.45, 7) is 4.09. The molecule has 1 aliphatic heterocycles. The summed E-state index contributed by atoms with van der Waals surface area (Å²) in [5.74, 6) is 0.126. The molecule has 0 saturated carbocycles. The van der Waals surface area contributed by atoms with E-state index in [1.807, 2.05) is 13.8 Å². The zero-order chi connectivity index (χ0) is 8.97. The van der Waals surface area contributed by atoms with Crippen molar-refractivity contribution >= 4 is 18.0 Å². The van der Waals surface area contributed by atoms with Crippen molar-refractivity contribution in [2.75, 3.05) is 0 Å². The maximum absolute atomic E-state index is 11.2. The van der Waals surface area contributed by atoms with E-state index in [0.29, 0.717) is 5.71 Å². The first-order valence-corrected chi connectivity index (χ1v) is 4.19. The van der Waals surface area contributed by atoms with Crippen molar-refractivity contribution in [2.24, 2.45) is 5.92 Å². The molecule has 1 rings (SSSR count). The standard InChI is InChI=1S/C8H12N3O/c1-3-6(4-2)7-8(12)9-5-10-11-7/h5-6H,3-4H2,1-2H3/q+1/p+1. The van der Waals surface area contributed by atoms with Gasteiger partial charge in [0.05, 0.1) is 5.92 Å². The van der Waals surface area contributed by atoms with Gasteiger partial charge in [0.25, 0.3) is 0 Å². The van der Waals surface area contributed by atoms with E-state index >= 15 is 0 Å². The zero-order valence-corrected chi connectivity index (χ0v) is 7.37. The Bertz CT molecular complexity index is 279. The number of amides is 1. The SMILES string of the molecule is CCC(CC)C1=[N+]=[N+]=CNC1=O. The fraction of sp³-hybridized carbons (Fsp3) is 0.625. The van der Waals surface area contributed by atoms with Crippen LogP contribution in [0.25, 0.3) is 0 Å². The molecule has 1 heterocycles. The molecule has 0 aromatic heterocycles. The fourth-order valence-electron chi connectivity index (χ4n) is 1.24. The third-order valence-electron chi connectivity index (χ3n) is 2.02. The molecule has 64 valence electrons. The van der Waals surface area contributed by atoms with Crippen LogP contribution in [-0.2, 0) is 4.79 Å². The Balaban J connectivity index is 2.92. The molecule has 0 fully saturated rings. The molecule has 12 heavy (non-hydrogen) atoms. The Morgan fingerprint density at radius 3 is 2.67 bits per heavy atom. The lowest BCUT2D eigenvalue weighted by Crippen LogP contribution is -2.38. The summed E-state index contributed by atoms with van der Waals surface area (Å²) < 4.78 is 0. The van der Waals surface area contributed by atoms with E-state index in [4.69, 9.17) is 0 Å². The third-order valence-corrected chi connectivity index (χ3v) is 2.02. The molecule has 4 nitrogen and oxygen atoms in total. The highest BCUT2D eigenvalue weighted by Crippen LogP contribution is 2.08. The van der Waals surface area contributed by atoms with Crippen molar-refractivity contribution < 1.29 is 14.4 Å². The first kappa shape index (κ1) is 8.72. The van der Waals surface area contributed by atoms with E-state index in [9.17, 15) is 4.79 Å². The number of carbonyl (C=O) groups excluding carboxylic acids is 1.